The molecule has 6 heteroatoms. The molecule has 0 aliphatic carbocycles. The molecule has 0 bridgehead atoms. The smallest absolute Gasteiger partial charge is 0.270 e. The van der Waals surface area contributed by atoms with Gasteiger partial charge >= 0.3 is 0 Å². The number of hydrogen-bond acceptors (Lipinski definition) is 5. The number of anilines is 1. The van der Waals surface area contributed by atoms with E-state index in [0.717, 1.165) is 38.4 Å². The Kier molecular flexibility index (Phi) is 5.27. The molecule has 1 aliphatic heterocycles. The van der Waals surface area contributed by atoms with Crippen molar-refractivity contribution in [1.29, 1.82) is 0 Å². The SMILES string of the molecule is C=CCNC(=O)c1cc(C)nc(N2CCN(CC)CC2)n1. The molecule has 0 saturated carbocycles. The number of nitrogens with zero attached hydrogens (tertiary/aromatic N) is 4. The molecular formula is C15H23N5O. The van der Waals surface area contributed by atoms with Crippen LogP contribution in [0.25, 0.3) is 0 Å². The fourth-order valence-corrected chi connectivity index (χ4v) is 2.33. The zero-order valence-corrected chi connectivity index (χ0v) is 12.8. The third-order valence-corrected chi connectivity index (χ3v) is 3.58. The first-order chi connectivity index (χ1) is 10.1. The van der Waals surface area contributed by atoms with Gasteiger partial charge in [0.15, 0.2) is 0 Å². The second-order valence-electron chi connectivity index (χ2n) is 5.11. The Bertz CT molecular complexity index is 509. The molecule has 0 atom stereocenters. The molecular weight excluding hydrogens is 266 g/mol. The van der Waals surface area contributed by atoms with Gasteiger partial charge < -0.3 is 15.1 Å². The summed E-state index contributed by atoms with van der Waals surface area (Å²) in [5.41, 5.74) is 1.22. The van der Waals surface area contributed by atoms with Gasteiger partial charge in [-0.25, -0.2) is 9.97 Å². The average Bonchev–Trinajstić information content (AvgIpc) is 2.52. The van der Waals surface area contributed by atoms with Crippen LogP contribution in [0.5, 0.6) is 0 Å². The van der Waals surface area contributed by atoms with Gasteiger partial charge in [-0.1, -0.05) is 13.0 Å². The van der Waals surface area contributed by atoms with E-state index < -0.39 is 0 Å². The number of carbonyl (C=O) groups excluding carboxylic acids is 1. The summed E-state index contributed by atoms with van der Waals surface area (Å²) < 4.78 is 0. The van der Waals surface area contributed by atoms with Gasteiger partial charge in [0.05, 0.1) is 0 Å². The minimum Gasteiger partial charge on any atom is -0.347 e. The highest BCUT2D eigenvalue weighted by Gasteiger charge is 2.19. The number of nitrogens with one attached hydrogen (secondary N) is 1. The summed E-state index contributed by atoms with van der Waals surface area (Å²) in [7, 11) is 0. The highest BCUT2D eigenvalue weighted by atomic mass is 16.1. The van der Waals surface area contributed by atoms with Crippen LogP contribution >= 0.6 is 0 Å². The first-order valence-electron chi connectivity index (χ1n) is 7.36. The molecule has 1 aliphatic rings. The molecule has 1 fully saturated rings. The summed E-state index contributed by atoms with van der Waals surface area (Å²) in [5.74, 6) is 0.461. The molecule has 0 spiro atoms. The second-order valence-corrected chi connectivity index (χ2v) is 5.11. The monoisotopic (exact) mass is 289 g/mol. The maximum Gasteiger partial charge on any atom is 0.270 e. The number of aromatic nitrogens is 2. The normalized spacial score (nSPS) is 15.8. The van der Waals surface area contributed by atoms with Crippen molar-refractivity contribution < 1.29 is 4.79 Å². The molecule has 0 radical (unpaired) electrons. The van der Waals surface area contributed by atoms with Crippen LogP contribution in [0.15, 0.2) is 18.7 Å². The van der Waals surface area contributed by atoms with Crippen molar-refractivity contribution in [3.05, 3.63) is 30.1 Å². The van der Waals surface area contributed by atoms with Gasteiger partial charge in [-0.3, -0.25) is 4.79 Å². The molecule has 1 aromatic heterocycles. The Morgan fingerprint density at radius 3 is 2.71 bits per heavy atom. The molecule has 2 rings (SSSR count). The molecule has 114 valence electrons. The number of amides is 1. The van der Waals surface area contributed by atoms with Gasteiger partial charge in [0.1, 0.15) is 5.69 Å². The third-order valence-electron chi connectivity index (χ3n) is 3.58. The molecule has 0 aromatic carbocycles. The Morgan fingerprint density at radius 2 is 2.10 bits per heavy atom. The van der Waals surface area contributed by atoms with E-state index in [4.69, 9.17) is 0 Å². The van der Waals surface area contributed by atoms with Crippen LogP contribution in [0.2, 0.25) is 0 Å². The Labute approximate surface area is 125 Å². The van der Waals surface area contributed by atoms with Crippen molar-refractivity contribution in [1.82, 2.24) is 20.2 Å². The summed E-state index contributed by atoms with van der Waals surface area (Å²) in [6.45, 7) is 12.9. The minimum absolute atomic E-state index is 0.186. The summed E-state index contributed by atoms with van der Waals surface area (Å²) >= 11 is 0. The largest absolute Gasteiger partial charge is 0.347 e. The van der Waals surface area contributed by atoms with Crippen LogP contribution < -0.4 is 10.2 Å². The molecule has 0 unspecified atom stereocenters. The van der Waals surface area contributed by atoms with E-state index in [9.17, 15) is 4.79 Å². The number of likely N-dealkylation sites (N-methyl/N-ethyl adjacent to an activating group) is 1. The maximum absolute atomic E-state index is 12.0. The lowest BCUT2D eigenvalue weighted by atomic mass is 10.3. The van der Waals surface area contributed by atoms with Gasteiger partial charge in [0, 0.05) is 38.4 Å². The van der Waals surface area contributed by atoms with Gasteiger partial charge in [-0.15, -0.1) is 6.58 Å². The predicted octanol–water partition coefficient (Wildman–Crippen LogP) is 0.843. The first-order valence-corrected chi connectivity index (χ1v) is 7.36. The molecule has 21 heavy (non-hydrogen) atoms. The number of hydrogen-bond donors (Lipinski definition) is 1. The summed E-state index contributed by atoms with van der Waals surface area (Å²) in [6, 6.07) is 1.71. The standard InChI is InChI=1S/C15H23N5O/c1-4-6-16-14(21)13-11-12(3)17-15(18-13)20-9-7-19(5-2)8-10-20/h4,11H,1,5-10H2,2-3H3,(H,16,21). The van der Waals surface area contributed by atoms with E-state index in [1.54, 1.807) is 12.1 Å². The van der Waals surface area contributed by atoms with Gasteiger partial charge in [-0.05, 0) is 19.5 Å². The maximum atomic E-state index is 12.0. The van der Waals surface area contributed by atoms with Crippen molar-refractivity contribution in [3.8, 4) is 0 Å². The van der Waals surface area contributed by atoms with Gasteiger partial charge in [0.25, 0.3) is 5.91 Å². The van der Waals surface area contributed by atoms with Crippen LogP contribution in [0.3, 0.4) is 0 Å². The number of piperazine rings is 1. The van der Waals surface area contributed by atoms with Crippen LogP contribution in [0.1, 0.15) is 23.1 Å². The Morgan fingerprint density at radius 1 is 1.38 bits per heavy atom. The molecule has 1 N–H and O–H groups in total. The van der Waals surface area contributed by atoms with Crippen LogP contribution in [0, 0.1) is 6.92 Å². The van der Waals surface area contributed by atoms with Crippen LogP contribution in [0.4, 0.5) is 5.95 Å². The molecule has 1 saturated heterocycles. The van der Waals surface area contributed by atoms with E-state index >= 15 is 0 Å². The zero-order valence-electron chi connectivity index (χ0n) is 12.8. The fourth-order valence-electron chi connectivity index (χ4n) is 2.33. The van der Waals surface area contributed by atoms with Gasteiger partial charge in [0.2, 0.25) is 5.95 Å². The van der Waals surface area contributed by atoms with Crippen molar-refractivity contribution >= 4 is 11.9 Å². The Balaban J connectivity index is 2.11. The lowest BCUT2D eigenvalue weighted by Gasteiger charge is -2.34. The summed E-state index contributed by atoms with van der Waals surface area (Å²) in [4.78, 5) is 25.4. The highest BCUT2D eigenvalue weighted by molar-refractivity contribution is 5.92. The molecule has 1 amide bonds. The average molecular weight is 289 g/mol. The van der Waals surface area contributed by atoms with E-state index in [0.29, 0.717) is 18.2 Å². The highest BCUT2D eigenvalue weighted by Crippen LogP contribution is 2.13. The second kappa shape index (κ2) is 7.17. The first kappa shape index (κ1) is 15.4. The van der Waals surface area contributed by atoms with Crippen molar-refractivity contribution in [2.24, 2.45) is 0 Å². The zero-order chi connectivity index (χ0) is 15.2. The van der Waals surface area contributed by atoms with Crippen molar-refractivity contribution in [2.75, 3.05) is 44.2 Å². The molecule has 2 heterocycles. The quantitative estimate of drug-likeness (QED) is 0.814. The number of carbonyl (C=O) groups is 1. The minimum atomic E-state index is -0.186. The lowest BCUT2D eigenvalue weighted by Crippen LogP contribution is -2.47. The fraction of sp³-hybridized carbons (Fsp3) is 0.533. The van der Waals surface area contributed by atoms with Crippen LogP contribution in [-0.4, -0.2) is 60.0 Å². The van der Waals surface area contributed by atoms with E-state index in [-0.39, 0.29) is 5.91 Å². The summed E-state index contributed by atoms with van der Waals surface area (Å²) in [6.07, 6.45) is 1.65. The van der Waals surface area contributed by atoms with E-state index in [2.05, 4.69) is 38.6 Å². The predicted molar refractivity (Wildman–Crippen MR) is 83.6 cm³/mol. The van der Waals surface area contributed by atoms with Gasteiger partial charge in [-0.2, -0.15) is 0 Å². The van der Waals surface area contributed by atoms with Crippen molar-refractivity contribution in [3.63, 3.8) is 0 Å². The third kappa shape index (κ3) is 4.01. The number of aryl methyl sites for hydroxylation is 1. The van der Waals surface area contributed by atoms with E-state index in [1.165, 1.54) is 0 Å². The van der Waals surface area contributed by atoms with Crippen LogP contribution in [-0.2, 0) is 0 Å². The molecule has 6 nitrogen and oxygen atoms in total. The lowest BCUT2D eigenvalue weighted by molar-refractivity contribution is 0.0953. The van der Waals surface area contributed by atoms with Crippen molar-refractivity contribution in [2.45, 2.75) is 13.8 Å². The number of rotatable bonds is 5. The topological polar surface area (TPSA) is 61.4 Å². The molecule has 1 aromatic rings. The Hall–Kier alpha value is -1.95. The summed E-state index contributed by atoms with van der Waals surface area (Å²) in [5, 5.41) is 2.75. The van der Waals surface area contributed by atoms with E-state index in [1.807, 2.05) is 6.92 Å².